The average molecular weight is 1280 g/mol. The van der Waals surface area contributed by atoms with E-state index in [-0.39, 0.29) is 25.7 Å². The molecule has 17 nitrogen and oxygen atoms in total. The Hall–Kier alpha value is -1.94. The van der Waals surface area contributed by atoms with Crippen LogP contribution in [-0.4, -0.2) is 96.7 Å². The Bertz CT molecular complexity index is 1730. The van der Waals surface area contributed by atoms with Gasteiger partial charge in [0.15, 0.2) is 12.2 Å². The average Bonchev–Trinajstić information content (AvgIpc) is 3.66. The first-order valence-corrected chi connectivity index (χ1v) is 38.2. The Balaban J connectivity index is 5.27. The zero-order valence-electron chi connectivity index (χ0n) is 56.6. The molecule has 0 heterocycles. The second-order valence-corrected chi connectivity index (χ2v) is 29.1. The zero-order chi connectivity index (χ0) is 64.7. The third kappa shape index (κ3) is 61.3. The van der Waals surface area contributed by atoms with Gasteiger partial charge in [0.2, 0.25) is 0 Å². The van der Waals surface area contributed by atoms with E-state index in [0.29, 0.717) is 25.7 Å². The van der Waals surface area contributed by atoms with Crippen LogP contribution >= 0.6 is 15.6 Å². The Morgan fingerprint density at radius 3 is 0.816 bits per heavy atom. The second kappa shape index (κ2) is 57.9. The summed E-state index contributed by atoms with van der Waals surface area (Å²) in [5, 5.41) is 10.6. The van der Waals surface area contributed by atoms with Crippen LogP contribution in [0.15, 0.2) is 0 Å². The number of unbranched alkanes of at least 4 members (excludes halogenated alkanes) is 30. The third-order valence-corrected chi connectivity index (χ3v) is 17.8. The molecule has 0 aliphatic carbocycles. The third-order valence-electron chi connectivity index (χ3n) is 15.9. The molecule has 0 amide bonds. The highest BCUT2D eigenvalue weighted by Gasteiger charge is 2.30. The summed E-state index contributed by atoms with van der Waals surface area (Å²) in [6.45, 7) is 14.0. The van der Waals surface area contributed by atoms with E-state index in [4.69, 9.17) is 37.0 Å². The molecule has 0 spiro atoms. The summed E-state index contributed by atoms with van der Waals surface area (Å²) in [7, 11) is -9.90. The van der Waals surface area contributed by atoms with Crippen molar-refractivity contribution in [1.82, 2.24) is 0 Å². The molecule has 0 radical (unpaired) electrons. The molecule has 516 valence electrons. The van der Waals surface area contributed by atoms with E-state index in [2.05, 4.69) is 55.4 Å². The number of hydrogen-bond acceptors (Lipinski definition) is 15. The van der Waals surface area contributed by atoms with Gasteiger partial charge >= 0.3 is 39.5 Å². The lowest BCUT2D eigenvalue weighted by atomic mass is 10.00. The molecule has 19 heteroatoms. The number of aliphatic hydroxyl groups excluding tert-OH is 1. The fraction of sp³-hybridized carbons (Fsp3) is 0.941. The highest BCUT2D eigenvalue weighted by atomic mass is 31.2. The van der Waals surface area contributed by atoms with Gasteiger partial charge in [0, 0.05) is 25.7 Å². The van der Waals surface area contributed by atoms with Crippen molar-refractivity contribution in [2.45, 2.75) is 350 Å². The number of esters is 4. The lowest BCUT2D eigenvalue weighted by Gasteiger charge is -2.21. The summed E-state index contributed by atoms with van der Waals surface area (Å²) in [5.74, 6) is 0.830. The van der Waals surface area contributed by atoms with Crippen LogP contribution in [0.3, 0.4) is 0 Å². The van der Waals surface area contributed by atoms with E-state index in [0.717, 1.165) is 120 Å². The largest absolute Gasteiger partial charge is 0.472 e. The van der Waals surface area contributed by atoms with Gasteiger partial charge in [-0.2, -0.15) is 0 Å². The first-order chi connectivity index (χ1) is 41.6. The van der Waals surface area contributed by atoms with Gasteiger partial charge in [-0.05, 0) is 49.4 Å². The maximum absolute atomic E-state index is 13.0. The maximum atomic E-state index is 13.0. The van der Waals surface area contributed by atoms with Crippen LogP contribution < -0.4 is 0 Å². The Morgan fingerprint density at radius 1 is 0.322 bits per heavy atom. The highest BCUT2D eigenvalue weighted by Crippen LogP contribution is 2.45. The SMILES string of the molecule is CCC(C)CCCCCCCCC(=O)OC[C@H](COP(=O)(O)OC[C@H](O)COP(=O)(O)OC[C@@H](COC(=O)CCCCCCCCCCCC(C)C)OC(=O)CCCCCCCCCCCC(C)C)OC(=O)CCCCCCCCCCCCC(C)C. The van der Waals surface area contributed by atoms with Crippen molar-refractivity contribution < 1.29 is 80.2 Å². The van der Waals surface area contributed by atoms with Crippen molar-refractivity contribution in [3.63, 3.8) is 0 Å². The van der Waals surface area contributed by atoms with Crippen molar-refractivity contribution in [3.8, 4) is 0 Å². The van der Waals surface area contributed by atoms with Crippen LogP contribution in [-0.2, 0) is 65.4 Å². The smallest absolute Gasteiger partial charge is 0.462 e. The van der Waals surface area contributed by atoms with Crippen LogP contribution in [0.4, 0.5) is 0 Å². The summed E-state index contributed by atoms with van der Waals surface area (Å²) < 4.78 is 68.2. The number of phosphoric ester groups is 2. The molecule has 6 atom stereocenters. The maximum Gasteiger partial charge on any atom is 0.472 e. The number of rotatable bonds is 65. The first kappa shape index (κ1) is 85.1. The Kier molecular flexibility index (Phi) is 56.6. The molecule has 0 aromatic rings. The van der Waals surface area contributed by atoms with Gasteiger partial charge < -0.3 is 33.8 Å². The molecule has 0 bridgehead atoms. The predicted octanol–water partition coefficient (Wildman–Crippen LogP) is 18.9. The summed E-state index contributed by atoms with van der Waals surface area (Å²) in [5.41, 5.74) is 0. The van der Waals surface area contributed by atoms with Crippen LogP contribution in [0.2, 0.25) is 0 Å². The van der Waals surface area contributed by atoms with Crippen molar-refractivity contribution in [2.75, 3.05) is 39.6 Å². The Morgan fingerprint density at radius 2 is 0.552 bits per heavy atom. The summed E-state index contributed by atoms with van der Waals surface area (Å²) in [4.78, 5) is 72.4. The minimum Gasteiger partial charge on any atom is -0.462 e. The number of phosphoric acid groups is 2. The summed E-state index contributed by atoms with van der Waals surface area (Å²) >= 11 is 0. The molecule has 0 aliphatic heterocycles. The van der Waals surface area contributed by atoms with Crippen LogP contribution in [0.5, 0.6) is 0 Å². The molecule has 3 N–H and O–H groups in total. The standard InChI is InChI=1S/C68H132O17P2/c1-9-61(8)47-39-31-26-27-33-41-49-66(71)79-55-64(85-67(72)50-42-34-24-17-11-10-14-20-28-36-44-58(2)3)57-83-87(76,77)81-53-62(69)52-80-86(74,75)82-56-63(84-68(73)51-43-35-25-19-13-16-22-30-38-46-60(6)7)54-78-65(70)48-40-32-23-18-12-15-21-29-37-45-59(4)5/h58-64,69H,9-57H2,1-8H3,(H,74,75)(H,76,77)/t61?,62-,63-,64-/m1/s1. The molecule has 87 heavy (non-hydrogen) atoms. The van der Waals surface area contributed by atoms with E-state index in [1.807, 2.05) is 0 Å². The predicted molar refractivity (Wildman–Crippen MR) is 349 cm³/mol. The zero-order valence-corrected chi connectivity index (χ0v) is 58.4. The van der Waals surface area contributed by atoms with Crippen molar-refractivity contribution in [2.24, 2.45) is 23.7 Å². The lowest BCUT2D eigenvalue weighted by Crippen LogP contribution is -2.30. The van der Waals surface area contributed by atoms with Gasteiger partial charge in [-0.15, -0.1) is 0 Å². The van der Waals surface area contributed by atoms with Gasteiger partial charge in [-0.3, -0.25) is 37.3 Å². The van der Waals surface area contributed by atoms with Gasteiger partial charge in [-0.25, -0.2) is 9.13 Å². The number of ether oxygens (including phenoxy) is 4. The van der Waals surface area contributed by atoms with E-state index in [1.165, 1.54) is 128 Å². The number of carbonyl (C=O) groups is 4. The van der Waals surface area contributed by atoms with Crippen molar-refractivity contribution in [3.05, 3.63) is 0 Å². The molecule has 0 saturated heterocycles. The number of carbonyl (C=O) groups excluding carboxylic acids is 4. The van der Waals surface area contributed by atoms with Crippen molar-refractivity contribution in [1.29, 1.82) is 0 Å². The quantitative estimate of drug-likeness (QED) is 0.0222. The molecule has 3 unspecified atom stereocenters. The highest BCUT2D eigenvalue weighted by molar-refractivity contribution is 7.47. The molecular weight excluding hydrogens is 1150 g/mol. The van der Waals surface area contributed by atoms with Gasteiger partial charge in [0.1, 0.15) is 19.3 Å². The normalized spacial score (nSPS) is 14.6. The molecular formula is C68H132O17P2. The molecule has 0 aromatic carbocycles. The summed E-state index contributed by atoms with van der Waals surface area (Å²) in [6.07, 6.45) is 38.9. The lowest BCUT2D eigenvalue weighted by molar-refractivity contribution is -0.161. The van der Waals surface area contributed by atoms with Crippen LogP contribution in [0, 0.1) is 23.7 Å². The number of aliphatic hydroxyl groups is 1. The molecule has 0 aromatic heterocycles. The minimum atomic E-state index is -4.95. The van der Waals surface area contributed by atoms with E-state index >= 15 is 0 Å². The van der Waals surface area contributed by atoms with E-state index < -0.39 is 97.5 Å². The second-order valence-electron chi connectivity index (χ2n) is 26.2. The van der Waals surface area contributed by atoms with Crippen LogP contribution in [0.1, 0.15) is 331 Å². The van der Waals surface area contributed by atoms with Gasteiger partial charge in [0.05, 0.1) is 26.4 Å². The molecule has 0 aliphatic rings. The van der Waals surface area contributed by atoms with Gasteiger partial charge in [-0.1, -0.05) is 280 Å². The first-order valence-electron chi connectivity index (χ1n) is 35.2. The summed E-state index contributed by atoms with van der Waals surface area (Å²) in [6, 6.07) is 0. The fourth-order valence-corrected chi connectivity index (χ4v) is 11.7. The van der Waals surface area contributed by atoms with E-state index in [1.54, 1.807) is 0 Å². The minimum absolute atomic E-state index is 0.104. The van der Waals surface area contributed by atoms with Crippen molar-refractivity contribution >= 4 is 39.5 Å². The topological polar surface area (TPSA) is 237 Å². The molecule has 0 rings (SSSR count). The fourth-order valence-electron chi connectivity index (χ4n) is 10.1. The van der Waals surface area contributed by atoms with Gasteiger partial charge in [0.25, 0.3) is 0 Å². The molecule has 0 saturated carbocycles. The van der Waals surface area contributed by atoms with E-state index in [9.17, 15) is 43.2 Å². The Labute approximate surface area is 530 Å². The monoisotopic (exact) mass is 1280 g/mol. The molecule has 0 fully saturated rings. The van der Waals surface area contributed by atoms with Crippen LogP contribution in [0.25, 0.3) is 0 Å². The number of hydrogen-bond donors (Lipinski definition) is 3.